The maximum absolute atomic E-state index is 13.9. The van der Waals surface area contributed by atoms with Crippen molar-refractivity contribution in [3.63, 3.8) is 0 Å². The van der Waals surface area contributed by atoms with E-state index in [1.807, 2.05) is 36.4 Å². The number of phenols is 1. The molecule has 0 saturated carbocycles. The van der Waals surface area contributed by atoms with Gasteiger partial charge < -0.3 is 20.6 Å². The van der Waals surface area contributed by atoms with Gasteiger partial charge in [0.05, 0.1) is 24.0 Å². The van der Waals surface area contributed by atoms with Crippen LogP contribution in [0.15, 0.2) is 84.1 Å². The Labute approximate surface area is 243 Å². The predicted molar refractivity (Wildman–Crippen MR) is 165 cm³/mol. The summed E-state index contributed by atoms with van der Waals surface area (Å²) in [6.07, 6.45) is 1.88. The lowest BCUT2D eigenvalue weighted by Gasteiger charge is -2.38. The molecule has 41 heavy (non-hydrogen) atoms. The zero-order valence-corrected chi connectivity index (χ0v) is 24.8. The summed E-state index contributed by atoms with van der Waals surface area (Å²) in [5.41, 5.74) is 6.59. The number of ketones is 1. The van der Waals surface area contributed by atoms with Crippen LogP contribution >= 0.6 is 0 Å². The van der Waals surface area contributed by atoms with Gasteiger partial charge in [0.2, 0.25) is 5.91 Å². The van der Waals surface area contributed by atoms with Crippen molar-refractivity contribution in [2.75, 3.05) is 23.3 Å². The molecular weight excluding hydrogens is 510 g/mol. The van der Waals surface area contributed by atoms with E-state index in [-0.39, 0.29) is 34.8 Å². The summed E-state index contributed by atoms with van der Waals surface area (Å²) in [6.45, 7) is 11.4. The Bertz CT molecular complexity index is 1460. The van der Waals surface area contributed by atoms with Crippen molar-refractivity contribution in [1.82, 2.24) is 5.32 Å². The first-order valence-electron chi connectivity index (χ1n) is 14.5. The van der Waals surface area contributed by atoms with Crippen LogP contribution in [0.1, 0.15) is 70.2 Å². The number of phenolic OH excluding ortho intramolecular Hbond substituents is 1. The van der Waals surface area contributed by atoms with Crippen molar-refractivity contribution in [3.05, 3.63) is 101 Å². The molecule has 1 unspecified atom stereocenters. The molecule has 6 nitrogen and oxygen atoms in total. The Hall–Kier alpha value is -4.06. The van der Waals surface area contributed by atoms with E-state index >= 15 is 0 Å². The number of carbonyl (C=O) groups is 2. The summed E-state index contributed by atoms with van der Waals surface area (Å²) in [5.74, 6) is 0.240. The second-order valence-electron chi connectivity index (χ2n) is 13.1. The summed E-state index contributed by atoms with van der Waals surface area (Å²) >= 11 is 0. The largest absolute Gasteiger partial charge is 0.508 e. The summed E-state index contributed by atoms with van der Waals surface area (Å²) in [6, 6.07) is 23.2. The van der Waals surface area contributed by atoms with E-state index in [9.17, 15) is 14.7 Å². The fourth-order valence-electron chi connectivity index (χ4n) is 5.96. The molecule has 3 aromatic rings. The zero-order valence-electron chi connectivity index (χ0n) is 24.8. The number of carbonyl (C=O) groups excluding carboxylic acids is 2. The highest BCUT2D eigenvalue weighted by molar-refractivity contribution is 6.01. The lowest BCUT2D eigenvalue weighted by molar-refractivity contribution is -0.120. The smallest absolute Gasteiger partial charge is 0.239 e. The number of nitrogens with zero attached hydrogens (tertiary/aromatic N) is 1. The molecule has 0 bridgehead atoms. The summed E-state index contributed by atoms with van der Waals surface area (Å²) in [7, 11) is 0. The van der Waals surface area contributed by atoms with Crippen LogP contribution in [-0.4, -0.2) is 29.9 Å². The summed E-state index contributed by atoms with van der Waals surface area (Å²) in [5, 5.41) is 16.2. The van der Waals surface area contributed by atoms with Gasteiger partial charge in [-0.15, -0.1) is 0 Å². The Morgan fingerprint density at radius 1 is 1.00 bits per heavy atom. The van der Waals surface area contributed by atoms with Crippen molar-refractivity contribution in [2.45, 2.75) is 65.3 Å². The normalized spacial score (nSPS) is 18.2. The first kappa shape index (κ1) is 28.5. The number of rotatable bonds is 6. The fourth-order valence-corrected chi connectivity index (χ4v) is 5.96. The standard InChI is InChI=1S/C35H41N3O3/c1-34(2,3)25-14-12-24(13-15-25)33-32-28(20-35(4,5)21-30(32)40)37-27-8-6-7-9-29(27)38(33)22-31(41)36-19-18-23-10-16-26(39)17-11-23/h6-17,33,37,39H,18-22H2,1-5H3,(H,36,41). The van der Waals surface area contributed by atoms with Crippen molar-refractivity contribution < 1.29 is 14.7 Å². The van der Waals surface area contributed by atoms with E-state index in [1.54, 1.807) is 12.1 Å². The van der Waals surface area contributed by atoms with Crippen LogP contribution in [-0.2, 0) is 21.4 Å². The maximum Gasteiger partial charge on any atom is 0.239 e. The molecule has 1 aliphatic carbocycles. The quantitative estimate of drug-likeness (QED) is 0.319. The maximum atomic E-state index is 13.9. The lowest BCUT2D eigenvalue weighted by atomic mass is 9.73. The molecule has 1 amide bonds. The van der Waals surface area contributed by atoms with E-state index in [4.69, 9.17) is 0 Å². The Morgan fingerprint density at radius 3 is 2.37 bits per heavy atom. The molecule has 6 heteroatoms. The first-order valence-corrected chi connectivity index (χ1v) is 14.5. The minimum Gasteiger partial charge on any atom is -0.508 e. The van der Waals surface area contributed by atoms with Gasteiger partial charge in [0.15, 0.2) is 5.78 Å². The van der Waals surface area contributed by atoms with Gasteiger partial charge in [-0.2, -0.15) is 0 Å². The highest BCUT2D eigenvalue weighted by Crippen LogP contribution is 2.48. The third kappa shape index (κ3) is 6.32. The number of para-hydroxylation sites is 2. The summed E-state index contributed by atoms with van der Waals surface area (Å²) in [4.78, 5) is 29.5. The highest BCUT2D eigenvalue weighted by atomic mass is 16.3. The van der Waals surface area contributed by atoms with Crippen LogP contribution in [0.3, 0.4) is 0 Å². The van der Waals surface area contributed by atoms with Gasteiger partial charge in [-0.3, -0.25) is 9.59 Å². The molecule has 3 N–H and O–H groups in total. The monoisotopic (exact) mass is 551 g/mol. The van der Waals surface area contributed by atoms with Crippen molar-refractivity contribution in [1.29, 1.82) is 0 Å². The molecule has 214 valence electrons. The topological polar surface area (TPSA) is 81.7 Å². The molecule has 0 saturated heterocycles. The van der Waals surface area contributed by atoms with Crippen LogP contribution in [0.2, 0.25) is 0 Å². The van der Waals surface area contributed by atoms with Crippen LogP contribution in [0.25, 0.3) is 0 Å². The number of anilines is 2. The first-order chi connectivity index (χ1) is 19.4. The van der Waals surface area contributed by atoms with Gasteiger partial charge in [-0.05, 0) is 64.6 Å². The second-order valence-corrected chi connectivity index (χ2v) is 13.1. The van der Waals surface area contributed by atoms with Gasteiger partial charge in [-0.25, -0.2) is 0 Å². The van der Waals surface area contributed by atoms with E-state index in [1.165, 1.54) is 5.56 Å². The minimum absolute atomic E-state index is 0.00230. The van der Waals surface area contributed by atoms with Gasteiger partial charge in [0.1, 0.15) is 5.75 Å². The third-order valence-electron chi connectivity index (χ3n) is 8.08. The van der Waals surface area contributed by atoms with Crippen molar-refractivity contribution in [3.8, 4) is 5.75 Å². The lowest BCUT2D eigenvalue weighted by Crippen LogP contribution is -2.42. The zero-order chi connectivity index (χ0) is 29.4. The van der Waals surface area contributed by atoms with Gasteiger partial charge in [0.25, 0.3) is 0 Å². The number of nitrogens with one attached hydrogen (secondary N) is 2. The van der Waals surface area contributed by atoms with E-state index in [2.05, 4.69) is 74.4 Å². The number of aromatic hydroxyl groups is 1. The van der Waals surface area contributed by atoms with Gasteiger partial charge >= 0.3 is 0 Å². The number of benzene rings is 3. The van der Waals surface area contributed by atoms with E-state index in [0.29, 0.717) is 19.4 Å². The molecule has 2 aliphatic rings. The fraction of sp³-hybridized carbons (Fsp3) is 0.371. The number of Topliss-reactive ketones (excluding diaryl/α,β-unsaturated/α-hetero) is 1. The molecule has 5 rings (SSSR count). The van der Waals surface area contributed by atoms with Crippen molar-refractivity contribution >= 4 is 23.1 Å². The highest BCUT2D eigenvalue weighted by Gasteiger charge is 2.42. The molecule has 0 spiro atoms. The van der Waals surface area contributed by atoms with Crippen molar-refractivity contribution in [2.24, 2.45) is 5.41 Å². The molecule has 1 heterocycles. The molecule has 1 aliphatic heterocycles. The number of hydrogen-bond donors (Lipinski definition) is 3. The number of fused-ring (bicyclic) bond motifs is 1. The Morgan fingerprint density at radius 2 is 1.68 bits per heavy atom. The number of amides is 1. The molecule has 3 aromatic carbocycles. The SMILES string of the molecule is CC1(C)CC(=O)C2=C(C1)Nc1ccccc1N(CC(=O)NCCc1ccc(O)cc1)C2c1ccc(C(C)(C)C)cc1. The number of hydrogen-bond acceptors (Lipinski definition) is 5. The predicted octanol–water partition coefficient (Wildman–Crippen LogP) is 6.67. The van der Waals surface area contributed by atoms with Gasteiger partial charge in [-0.1, -0.05) is 83.1 Å². The number of allylic oxidation sites excluding steroid dienone is 1. The van der Waals surface area contributed by atoms with Gasteiger partial charge in [0, 0.05) is 24.2 Å². The molecule has 1 atom stereocenters. The molecule has 0 fully saturated rings. The van der Waals surface area contributed by atoms with E-state index < -0.39 is 6.04 Å². The van der Waals surface area contributed by atoms with Crippen LogP contribution in [0.4, 0.5) is 11.4 Å². The third-order valence-corrected chi connectivity index (χ3v) is 8.08. The average molecular weight is 552 g/mol. The molecule has 0 aromatic heterocycles. The van der Waals surface area contributed by atoms with E-state index in [0.717, 1.165) is 40.2 Å². The second kappa shape index (κ2) is 11.1. The molecule has 0 radical (unpaired) electrons. The van der Waals surface area contributed by atoms with Crippen LogP contribution in [0.5, 0.6) is 5.75 Å². The Kier molecular flexibility index (Phi) is 7.69. The average Bonchev–Trinajstić information content (AvgIpc) is 3.03. The summed E-state index contributed by atoms with van der Waals surface area (Å²) < 4.78 is 0. The molecular formula is C35H41N3O3. The van der Waals surface area contributed by atoms with Crippen LogP contribution in [0, 0.1) is 5.41 Å². The van der Waals surface area contributed by atoms with Crippen LogP contribution < -0.4 is 15.5 Å². The Balaban J connectivity index is 1.52. The minimum atomic E-state index is -0.401.